The Balaban J connectivity index is 2.11. The molecule has 1 aliphatic heterocycles. The Morgan fingerprint density at radius 3 is 3.12 bits per heavy atom. The van der Waals surface area contributed by atoms with Crippen LogP contribution in [0.25, 0.3) is 0 Å². The van der Waals surface area contributed by atoms with Crippen LogP contribution in [0.5, 0.6) is 0 Å². The van der Waals surface area contributed by atoms with Crippen molar-refractivity contribution < 1.29 is 0 Å². The molecular weight excluding hydrogens is 242 g/mol. The van der Waals surface area contributed by atoms with E-state index < -0.39 is 0 Å². The highest BCUT2D eigenvalue weighted by Crippen LogP contribution is 2.33. The van der Waals surface area contributed by atoms with Gasteiger partial charge in [-0.1, -0.05) is 18.5 Å². The SMILES string of the molecule is CCC(C)NC1=NSc2ccc(Cl)cc2N1. The number of fused-ring (bicyclic) bond motifs is 1. The van der Waals surface area contributed by atoms with E-state index in [0.29, 0.717) is 6.04 Å². The normalized spacial score (nSPS) is 15.8. The number of nitrogens with one attached hydrogen (secondary N) is 2. The highest BCUT2D eigenvalue weighted by molar-refractivity contribution is 7.98. The van der Waals surface area contributed by atoms with E-state index in [0.717, 1.165) is 28.0 Å². The third-order valence-corrected chi connectivity index (χ3v) is 3.49. The van der Waals surface area contributed by atoms with Gasteiger partial charge in [0.05, 0.1) is 10.6 Å². The number of rotatable bonds is 2. The number of hydrogen-bond acceptors (Lipinski definition) is 4. The average molecular weight is 256 g/mol. The summed E-state index contributed by atoms with van der Waals surface area (Å²) in [5.41, 5.74) is 1.01. The Labute approximate surface area is 105 Å². The fourth-order valence-corrected chi connectivity index (χ4v) is 2.12. The van der Waals surface area contributed by atoms with Crippen molar-refractivity contribution in [3.63, 3.8) is 0 Å². The highest BCUT2D eigenvalue weighted by atomic mass is 35.5. The lowest BCUT2D eigenvalue weighted by Gasteiger charge is -2.21. The summed E-state index contributed by atoms with van der Waals surface area (Å²) in [6.45, 7) is 4.27. The molecule has 0 fully saturated rings. The van der Waals surface area contributed by atoms with Gasteiger partial charge < -0.3 is 10.6 Å². The number of hydrogen-bond donors (Lipinski definition) is 2. The van der Waals surface area contributed by atoms with Crippen LogP contribution in [0.4, 0.5) is 5.69 Å². The van der Waals surface area contributed by atoms with Crippen LogP contribution in [-0.4, -0.2) is 12.0 Å². The van der Waals surface area contributed by atoms with Gasteiger partial charge in [-0.15, -0.1) is 0 Å². The first-order valence-corrected chi connectivity index (χ1v) is 6.42. The molecule has 2 rings (SSSR count). The number of guanidine groups is 1. The molecule has 0 spiro atoms. The van der Waals surface area contributed by atoms with Gasteiger partial charge in [0.1, 0.15) is 0 Å². The third kappa shape index (κ3) is 2.62. The van der Waals surface area contributed by atoms with Crippen molar-refractivity contribution in [1.82, 2.24) is 5.32 Å². The monoisotopic (exact) mass is 255 g/mol. The molecule has 0 saturated heterocycles. The van der Waals surface area contributed by atoms with Crippen molar-refractivity contribution in [2.45, 2.75) is 31.2 Å². The molecule has 1 heterocycles. The predicted octanol–water partition coefficient (Wildman–Crippen LogP) is 3.52. The molecule has 5 heteroatoms. The molecule has 2 N–H and O–H groups in total. The highest BCUT2D eigenvalue weighted by Gasteiger charge is 2.13. The van der Waals surface area contributed by atoms with E-state index in [-0.39, 0.29) is 0 Å². The maximum atomic E-state index is 5.95. The Morgan fingerprint density at radius 1 is 1.56 bits per heavy atom. The lowest BCUT2D eigenvalue weighted by Crippen LogP contribution is -2.37. The summed E-state index contributed by atoms with van der Waals surface area (Å²) >= 11 is 7.41. The first kappa shape index (κ1) is 11.6. The maximum Gasteiger partial charge on any atom is 0.208 e. The molecule has 1 unspecified atom stereocenters. The number of benzene rings is 1. The Kier molecular flexibility index (Phi) is 3.61. The fourth-order valence-electron chi connectivity index (χ4n) is 1.32. The fraction of sp³-hybridized carbons (Fsp3) is 0.364. The number of halogens is 1. The van der Waals surface area contributed by atoms with E-state index in [9.17, 15) is 0 Å². The summed E-state index contributed by atoms with van der Waals surface area (Å²) in [4.78, 5) is 1.10. The van der Waals surface area contributed by atoms with Gasteiger partial charge in [0.15, 0.2) is 0 Å². The molecule has 1 atom stereocenters. The molecule has 1 aliphatic rings. The number of anilines is 1. The van der Waals surface area contributed by atoms with Gasteiger partial charge in [0.2, 0.25) is 5.96 Å². The topological polar surface area (TPSA) is 36.4 Å². The standard InChI is InChI=1S/C11H14ClN3S/c1-3-7(2)13-11-14-9-6-8(12)4-5-10(9)16-15-11/h4-7H,3H2,1-2H3,(H2,13,14,15). The molecule has 1 aromatic rings. The molecule has 0 aromatic heterocycles. The summed E-state index contributed by atoms with van der Waals surface area (Å²) in [7, 11) is 0. The Morgan fingerprint density at radius 2 is 2.38 bits per heavy atom. The first-order valence-electron chi connectivity index (χ1n) is 5.27. The minimum absolute atomic E-state index is 0.410. The summed E-state index contributed by atoms with van der Waals surface area (Å²) in [5.74, 6) is 0.800. The second-order valence-electron chi connectivity index (χ2n) is 3.75. The molecule has 0 saturated carbocycles. The van der Waals surface area contributed by atoms with Crippen LogP contribution < -0.4 is 10.6 Å². The second kappa shape index (κ2) is 4.97. The molecule has 0 radical (unpaired) electrons. The molecular formula is C11H14ClN3S. The summed E-state index contributed by atoms with van der Waals surface area (Å²) in [5, 5.41) is 7.27. The second-order valence-corrected chi connectivity index (χ2v) is 4.99. The van der Waals surface area contributed by atoms with Crippen molar-refractivity contribution in [2.75, 3.05) is 5.32 Å². The largest absolute Gasteiger partial charge is 0.353 e. The minimum Gasteiger partial charge on any atom is -0.353 e. The predicted molar refractivity (Wildman–Crippen MR) is 71.3 cm³/mol. The van der Waals surface area contributed by atoms with Crippen LogP contribution in [0.1, 0.15) is 20.3 Å². The van der Waals surface area contributed by atoms with E-state index in [1.807, 2.05) is 18.2 Å². The van der Waals surface area contributed by atoms with Crippen LogP contribution in [-0.2, 0) is 0 Å². The molecule has 0 amide bonds. The molecule has 1 aromatic carbocycles. The summed E-state index contributed by atoms with van der Waals surface area (Å²) in [6, 6.07) is 6.17. The number of nitrogens with zero attached hydrogens (tertiary/aromatic N) is 1. The summed E-state index contributed by atoms with van der Waals surface area (Å²) in [6.07, 6.45) is 1.06. The van der Waals surface area contributed by atoms with Crippen LogP contribution >= 0.6 is 23.5 Å². The first-order chi connectivity index (χ1) is 7.69. The quantitative estimate of drug-likeness (QED) is 0.794. The zero-order chi connectivity index (χ0) is 11.5. The van der Waals surface area contributed by atoms with E-state index in [4.69, 9.17) is 11.6 Å². The average Bonchev–Trinajstić information content (AvgIpc) is 2.28. The zero-order valence-electron chi connectivity index (χ0n) is 9.25. The molecule has 86 valence electrons. The molecule has 3 nitrogen and oxygen atoms in total. The zero-order valence-corrected chi connectivity index (χ0v) is 10.8. The van der Waals surface area contributed by atoms with Crippen LogP contribution in [0.2, 0.25) is 5.02 Å². The molecule has 16 heavy (non-hydrogen) atoms. The Bertz CT molecular complexity index is 420. The van der Waals surface area contributed by atoms with Gasteiger partial charge in [-0.25, -0.2) is 0 Å². The van der Waals surface area contributed by atoms with Crippen LogP contribution in [0, 0.1) is 0 Å². The van der Waals surface area contributed by atoms with Crippen LogP contribution in [0.3, 0.4) is 0 Å². The van der Waals surface area contributed by atoms with E-state index in [2.05, 4.69) is 28.9 Å². The van der Waals surface area contributed by atoms with Gasteiger partial charge in [-0.2, -0.15) is 4.40 Å². The smallest absolute Gasteiger partial charge is 0.208 e. The van der Waals surface area contributed by atoms with Gasteiger partial charge in [0, 0.05) is 23.0 Å². The lowest BCUT2D eigenvalue weighted by molar-refractivity contribution is 0.641. The summed E-state index contributed by atoms with van der Waals surface area (Å²) < 4.78 is 4.36. The van der Waals surface area contributed by atoms with E-state index >= 15 is 0 Å². The van der Waals surface area contributed by atoms with Crippen molar-refractivity contribution in [2.24, 2.45) is 4.40 Å². The van der Waals surface area contributed by atoms with E-state index in [1.54, 1.807) is 0 Å². The van der Waals surface area contributed by atoms with Gasteiger partial charge in [-0.3, -0.25) is 0 Å². The molecule has 0 aliphatic carbocycles. The molecule has 0 bridgehead atoms. The van der Waals surface area contributed by atoms with Gasteiger partial charge in [-0.05, 0) is 31.5 Å². The lowest BCUT2D eigenvalue weighted by atomic mass is 10.3. The van der Waals surface area contributed by atoms with Crippen LogP contribution in [0.15, 0.2) is 27.5 Å². The maximum absolute atomic E-state index is 5.95. The van der Waals surface area contributed by atoms with Crippen molar-refractivity contribution in [3.05, 3.63) is 23.2 Å². The van der Waals surface area contributed by atoms with Crippen molar-refractivity contribution in [1.29, 1.82) is 0 Å². The van der Waals surface area contributed by atoms with Crippen molar-refractivity contribution in [3.8, 4) is 0 Å². The van der Waals surface area contributed by atoms with Gasteiger partial charge >= 0.3 is 0 Å². The minimum atomic E-state index is 0.410. The third-order valence-electron chi connectivity index (χ3n) is 2.43. The van der Waals surface area contributed by atoms with Gasteiger partial charge in [0.25, 0.3) is 0 Å². The van der Waals surface area contributed by atoms with E-state index in [1.165, 1.54) is 11.9 Å². The van der Waals surface area contributed by atoms with Crippen molar-refractivity contribution >= 4 is 35.2 Å². The Hall–Kier alpha value is -0.870.